The van der Waals surface area contributed by atoms with Gasteiger partial charge in [-0.25, -0.2) is 0 Å². The fraction of sp³-hybridized carbons (Fsp3) is 0.692. The lowest BCUT2D eigenvalue weighted by Crippen LogP contribution is -2.19. The Labute approximate surface area is 112 Å². The van der Waals surface area contributed by atoms with E-state index in [0.29, 0.717) is 24.1 Å². The zero-order chi connectivity index (χ0) is 13.0. The highest BCUT2D eigenvalue weighted by atomic mass is 32.2. The number of anilines is 1. The third-order valence-electron chi connectivity index (χ3n) is 3.30. The monoisotopic (exact) mass is 267 g/mol. The average molecular weight is 267 g/mol. The summed E-state index contributed by atoms with van der Waals surface area (Å²) in [5.74, 6) is 4.08. The van der Waals surface area contributed by atoms with Gasteiger partial charge < -0.3 is 5.32 Å². The summed E-state index contributed by atoms with van der Waals surface area (Å²) in [6.07, 6.45) is 2.95. The Morgan fingerprint density at radius 1 is 1.56 bits per heavy atom. The number of rotatable bonds is 4. The van der Waals surface area contributed by atoms with Crippen molar-refractivity contribution in [3.05, 3.63) is 11.8 Å². The van der Waals surface area contributed by atoms with Gasteiger partial charge in [0.05, 0.1) is 0 Å². The Balaban J connectivity index is 1.82. The van der Waals surface area contributed by atoms with E-state index in [4.69, 9.17) is 0 Å². The van der Waals surface area contributed by atoms with Crippen LogP contribution in [0, 0.1) is 5.92 Å². The summed E-state index contributed by atoms with van der Waals surface area (Å²) in [6, 6.07) is 1.92. The Bertz CT molecular complexity index is 397. The van der Waals surface area contributed by atoms with Gasteiger partial charge in [-0.2, -0.15) is 16.9 Å². The van der Waals surface area contributed by atoms with Crippen LogP contribution in [0.15, 0.2) is 6.07 Å². The molecule has 4 nitrogen and oxygen atoms in total. The van der Waals surface area contributed by atoms with Crippen molar-refractivity contribution in [2.24, 2.45) is 5.92 Å². The first-order valence-electron chi connectivity index (χ1n) is 6.58. The molecule has 0 aliphatic carbocycles. The van der Waals surface area contributed by atoms with E-state index in [0.717, 1.165) is 18.5 Å². The lowest BCUT2D eigenvalue weighted by atomic mass is 9.98. The van der Waals surface area contributed by atoms with E-state index in [-0.39, 0.29) is 5.91 Å². The molecule has 0 unspecified atom stereocenters. The maximum atomic E-state index is 11.9. The molecule has 1 amide bonds. The SMILES string of the molecule is CC(C)c1cc(NC(=O)CC2CCSCC2)n[nH]1. The van der Waals surface area contributed by atoms with Crippen molar-refractivity contribution in [1.29, 1.82) is 0 Å². The predicted octanol–water partition coefficient (Wildman–Crippen LogP) is 3.00. The van der Waals surface area contributed by atoms with Crippen LogP contribution in [0.4, 0.5) is 5.82 Å². The number of aromatic nitrogens is 2. The van der Waals surface area contributed by atoms with Crippen LogP contribution in [0.2, 0.25) is 0 Å². The normalized spacial score (nSPS) is 17.1. The molecule has 2 heterocycles. The smallest absolute Gasteiger partial charge is 0.225 e. The molecule has 0 saturated carbocycles. The van der Waals surface area contributed by atoms with Crippen molar-refractivity contribution in [2.75, 3.05) is 16.8 Å². The molecule has 0 aromatic carbocycles. The maximum Gasteiger partial charge on any atom is 0.225 e. The molecule has 1 aliphatic rings. The Hall–Kier alpha value is -0.970. The van der Waals surface area contributed by atoms with Gasteiger partial charge in [-0.05, 0) is 36.2 Å². The van der Waals surface area contributed by atoms with Gasteiger partial charge in [0.15, 0.2) is 5.82 Å². The third kappa shape index (κ3) is 3.77. The summed E-state index contributed by atoms with van der Waals surface area (Å²) in [5.41, 5.74) is 1.05. The van der Waals surface area contributed by atoms with Crippen LogP contribution in [0.25, 0.3) is 0 Å². The number of amides is 1. The Morgan fingerprint density at radius 3 is 2.89 bits per heavy atom. The summed E-state index contributed by atoms with van der Waals surface area (Å²) in [4.78, 5) is 11.9. The van der Waals surface area contributed by atoms with E-state index in [1.165, 1.54) is 11.5 Å². The van der Waals surface area contributed by atoms with E-state index in [1.54, 1.807) is 0 Å². The standard InChI is InChI=1S/C13H21N3OS/c1-9(2)11-8-12(16-15-11)14-13(17)7-10-3-5-18-6-4-10/h8-10H,3-7H2,1-2H3,(H2,14,15,16,17). The summed E-state index contributed by atoms with van der Waals surface area (Å²) >= 11 is 1.99. The molecule has 100 valence electrons. The van der Waals surface area contributed by atoms with Crippen molar-refractivity contribution in [1.82, 2.24) is 10.2 Å². The van der Waals surface area contributed by atoms with E-state index < -0.39 is 0 Å². The van der Waals surface area contributed by atoms with Crippen LogP contribution >= 0.6 is 11.8 Å². The molecule has 2 N–H and O–H groups in total. The molecule has 1 saturated heterocycles. The number of carbonyl (C=O) groups excluding carboxylic acids is 1. The predicted molar refractivity (Wildman–Crippen MR) is 76.0 cm³/mol. The average Bonchev–Trinajstić information content (AvgIpc) is 2.78. The largest absolute Gasteiger partial charge is 0.309 e. The van der Waals surface area contributed by atoms with Gasteiger partial charge in [-0.15, -0.1) is 0 Å². The summed E-state index contributed by atoms with van der Waals surface area (Å²) in [6.45, 7) is 4.19. The van der Waals surface area contributed by atoms with E-state index >= 15 is 0 Å². The van der Waals surface area contributed by atoms with Crippen molar-refractivity contribution in [2.45, 2.75) is 39.0 Å². The summed E-state index contributed by atoms with van der Waals surface area (Å²) in [5, 5.41) is 9.93. The molecule has 0 radical (unpaired) electrons. The van der Waals surface area contributed by atoms with Crippen molar-refractivity contribution < 1.29 is 4.79 Å². The number of carbonyl (C=O) groups is 1. The Kier molecular flexibility index (Phi) is 4.69. The quantitative estimate of drug-likeness (QED) is 0.881. The van der Waals surface area contributed by atoms with Gasteiger partial charge in [0.1, 0.15) is 0 Å². The molecule has 0 bridgehead atoms. The van der Waals surface area contributed by atoms with Gasteiger partial charge in [0.25, 0.3) is 0 Å². The topological polar surface area (TPSA) is 57.8 Å². The summed E-state index contributed by atoms with van der Waals surface area (Å²) < 4.78 is 0. The zero-order valence-corrected chi connectivity index (χ0v) is 11.8. The van der Waals surface area contributed by atoms with Gasteiger partial charge in [0.2, 0.25) is 5.91 Å². The minimum absolute atomic E-state index is 0.0914. The number of H-pyrrole nitrogens is 1. The molecule has 1 fully saturated rings. The highest BCUT2D eigenvalue weighted by Gasteiger charge is 2.18. The lowest BCUT2D eigenvalue weighted by molar-refractivity contribution is -0.117. The van der Waals surface area contributed by atoms with Crippen molar-refractivity contribution in [3.8, 4) is 0 Å². The minimum atomic E-state index is 0.0914. The molecule has 1 aromatic rings. The van der Waals surface area contributed by atoms with E-state index in [2.05, 4.69) is 29.4 Å². The van der Waals surface area contributed by atoms with Crippen molar-refractivity contribution >= 4 is 23.5 Å². The summed E-state index contributed by atoms with van der Waals surface area (Å²) in [7, 11) is 0. The van der Waals surface area contributed by atoms with Gasteiger partial charge in [0, 0.05) is 18.2 Å². The second-order valence-corrected chi connectivity index (χ2v) is 6.40. The van der Waals surface area contributed by atoms with Crippen molar-refractivity contribution in [3.63, 3.8) is 0 Å². The molecule has 1 aromatic heterocycles. The molecular weight excluding hydrogens is 246 g/mol. The third-order valence-corrected chi connectivity index (χ3v) is 4.35. The van der Waals surface area contributed by atoms with Crippen LogP contribution in [-0.4, -0.2) is 27.6 Å². The van der Waals surface area contributed by atoms with E-state index in [9.17, 15) is 4.79 Å². The maximum absolute atomic E-state index is 11.9. The Morgan fingerprint density at radius 2 is 2.28 bits per heavy atom. The second kappa shape index (κ2) is 6.27. The molecule has 1 aliphatic heterocycles. The number of thioether (sulfide) groups is 1. The van der Waals surface area contributed by atoms with Gasteiger partial charge >= 0.3 is 0 Å². The minimum Gasteiger partial charge on any atom is -0.309 e. The molecule has 18 heavy (non-hydrogen) atoms. The first-order valence-corrected chi connectivity index (χ1v) is 7.73. The molecule has 2 rings (SSSR count). The highest BCUT2D eigenvalue weighted by Crippen LogP contribution is 2.25. The fourth-order valence-electron chi connectivity index (χ4n) is 2.10. The lowest BCUT2D eigenvalue weighted by Gasteiger charge is -2.20. The number of hydrogen-bond acceptors (Lipinski definition) is 3. The number of nitrogens with zero attached hydrogens (tertiary/aromatic N) is 1. The first-order chi connectivity index (χ1) is 8.65. The molecule has 0 spiro atoms. The van der Waals surface area contributed by atoms with Crippen LogP contribution in [0.3, 0.4) is 0 Å². The molecule has 5 heteroatoms. The molecular formula is C13H21N3OS. The fourth-order valence-corrected chi connectivity index (χ4v) is 3.31. The van der Waals surface area contributed by atoms with Crippen LogP contribution < -0.4 is 5.32 Å². The van der Waals surface area contributed by atoms with Gasteiger partial charge in [-0.3, -0.25) is 9.89 Å². The zero-order valence-electron chi connectivity index (χ0n) is 11.0. The number of hydrogen-bond donors (Lipinski definition) is 2. The first kappa shape index (κ1) is 13.5. The molecule has 0 atom stereocenters. The second-order valence-electron chi connectivity index (χ2n) is 5.17. The highest BCUT2D eigenvalue weighted by molar-refractivity contribution is 7.99. The van der Waals surface area contributed by atoms with Crippen LogP contribution in [-0.2, 0) is 4.79 Å². The van der Waals surface area contributed by atoms with Crippen LogP contribution in [0.1, 0.15) is 44.7 Å². The number of nitrogens with one attached hydrogen (secondary N) is 2. The van der Waals surface area contributed by atoms with Crippen LogP contribution in [0.5, 0.6) is 0 Å². The van der Waals surface area contributed by atoms with Gasteiger partial charge in [-0.1, -0.05) is 13.8 Å². The van der Waals surface area contributed by atoms with E-state index in [1.807, 2.05) is 17.8 Å². The number of aromatic amines is 1.